The fourth-order valence-corrected chi connectivity index (χ4v) is 2.82. The summed E-state index contributed by atoms with van der Waals surface area (Å²) in [4.78, 5) is 12.3. The van der Waals surface area contributed by atoms with Crippen LogP contribution in [0.4, 0.5) is 11.4 Å². The molecule has 0 aliphatic heterocycles. The SMILES string of the molecule is CCN(CCO)c1ccc(NS(=O)(=O)CCC(=O)O)cc1. The zero-order valence-corrected chi connectivity index (χ0v) is 12.6. The highest BCUT2D eigenvalue weighted by molar-refractivity contribution is 7.92. The minimum absolute atomic E-state index is 0.0391. The molecule has 0 radical (unpaired) electrons. The molecule has 0 bridgehead atoms. The van der Waals surface area contributed by atoms with Gasteiger partial charge in [-0.15, -0.1) is 0 Å². The maximum atomic E-state index is 11.7. The van der Waals surface area contributed by atoms with Gasteiger partial charge in [0, 0.05) is 24.5 Å². The number of benzene rings is 1. The molecule has 0 heterocycles. The van der Waals surface area contributed by atoms with E-state index in [2.05, 4.69) is 4.72 Å². The third kappa shape index (κ3) is 6.01. The lowest BCUT2D eigenvalue weighted by atomic mass is 10.2. The highest BCUT2D eigenvalue weighted by Crippen LogP contribution is 2.18. The number of nitrogens with one attached hydrogen (secondary N) is 1. The van der Waals surface area contributed by atoms with Crippen molar-refractivity contribution in [3.8, 4) is 0 Å². The number of rotatable bonds is 9. The first-order valence-corrected chi connectivity index (χ1v) is 8.21. The Morgan fingerprint density at radius 3 is 2.38 bits per heavy atom. The summed E-state index contributed by atoms with van der Waals surface area (Å²) in [6.45, 7) is 3.22. The topological polar surface area (TPSA) is 107 Å². The number of sulfonamides is 1. The molecule has 3 N–H and O–H groups in total. The Balaban J connectivity index is 2.72. The average Bonchev–Trinajstić information content (AvgIpc) is 2.43. The van der Waals surface area contributed by atoms with Crippen LogP contribution in [0.3, 0.4) is 0 Å². The van der Waals surface area contributed by atoms with Crippen molar-refractivity contribution >= 4 is 27.4 Å². The fraction of sp³-hybridized carbons (Fsp3) is 0.462. The fourth-order valence-electron chi connectivity index (χ4n) is 1.78. The predicted molar refractivity (Wildman–Crippen MR) is 81.1 cm³/mol. The number of hydrogen-bond acceptors (Lipinski definition) is 5. The molecule has 118 valence electrons. The number of carbonyl (C=O) groups is 1. The highest BCUT2D eigenvalue weighted by atomic mass is 32.2. The Morgan fingerprint density at radius 1 is 1.29 bits per heavy atom. The van der Waals surface area contributed by atoms with Crippen LogP contribution in [0, 0.1) is 0 Å². The molecule has 0 saturated heterocycles. The lowest BCUT2D eigenvalue weighted by Gasteiger charge is -2.22. The van der Waals surface area contributed by atoms with Gasteiger partial charge in [0.25, 0.3) is 0 Å². The molecular formula is C13H20N2O5S. The molecule has 0 aliphatic rings. The molecule has 0 amide bonds. The van der Waals surface area contributed by atoms with Crippen molar-refractivity contribution in [2.24, 2.45) is 0 Å². The molecule has 0 aromatic heterocycles. The zero-order chi connectivity index (χ0) is 15.9. The molecular weight excluding hydrogens is 296 g/mol. The maximum Gasteiger partial charge on any atom is 0.304 e. The summed E-state index contributed by atoms with van der Waals surface area (Å²) in [5, 5.41) is 17.5. The average molecular weight is 316 g/mol. The first-order valence-electron chi connectivity index (χ1n) is 6.56. The summed E-state index contributed by atoms with van der Waals surface area (Å²) in [5.41, 5.74) is 1.25. The normalized spacial score (nSPS) is 11.1. The Labute approximate surface area is 124 Å². The van der Waals surface area contributed by atoms with E-state index in [1.807, 2.05) is 11.8 Å². The van der Waals surface area contributed by atoms with Gasteiger partial charge < -0.3 is 15.1 Å². The second-order valence-electron chi connectivity index (χ2n) is 4.41. The molecule has 1 aromatic carbocycles. The molecule has 1 aromatic rings. The lowest BCUT2D eigenvalue weighted by Crippen LogP contribution is -2.26. The van der Waals surface area contributed by atoms with Gasteiger partial charge in [0.05, 0.1) is 18.8 Å². The smallest absolute Gasteiger partial charge is 0.304 e. The molecule has 0 saturated carbocycles. The first-order chi connectivity index (χ1) is 9.88. The summed E-state index contributed by atoms with van der Waals surface area (Å²) < 4.78 is 25.7. The number of nitrogens with zero attached hydrogens (tertiary/aromatic N) is 1. The van der Waals surface area contributed by atoms with Crippen LogP contribution in [-0.4, -0.2) is 50.0 Å². The van der Waals surface area contributed by atoms with Gasteiger partial charge in [0.2, 0.25) is 10.0 Å². The number of aliphatic hydroxyl groups is 1. The van der Waals surface area contributed by atoms with Gasteiger partial charge in [-0.3, -0.25) is 9.52 Å². The van der Waals surface area contributed by atoms with Crippen LogP contribution in [0.15, 0.2) is 24.3 Å². The van der Waals surface area contributed by atoms with Gasteiger partial charge in [-0.05, 0) is 31.2 Å². The van der Waals surface area contributed by atoms with E-state index in [0.717, 1.165) is 12.2 Å². The number of carboxylic acid groups (broad SMARTS) is 1. The standard InChI is InChI=1S/C13H20N2O5S/c1-2-15(8-9-16)12-5-3-11(4-6-12)14-21(19,20)10-7-13(17)18/h3-6,14,16H,2,7-10H2,1H3,(H,17,18). The van der Waals surface area contributed by atoms with Crippen LogP contribution in [0.2, 0.25) is 0 Å². The molecule has 0 spiro atoms. The summed E-state index contributed by atoms with van der Waals surface area (Å²) in [5.74, 6) is -1.62. The summed E-state index contributed by atoms with van der Waals surface area (Å²) in [6.07, 6.45) is -0.437. The van der Waals surface area contributed by atoms with Crippen molar-refractivity contribution < 1.29 is 23.4 Å². The van der Waals surface area contributed by atoms with E-state index in [1.54, 1.807) is 24.3 Å². The van der Waals surface area contributed by atoms with Crippen molar-refractivity contribution in [1.29, 1.82) is 0 Å². The lowest BCUT2D eigenvalue weighted by molar-refractivity contribution is -0.136. The third-order valence-electron chi connectivity index (χ3n) is 2.84. The number of aliphatic carboxylic acids is 1. The van der Waals surface area contributed by atoms with E-state index in [4.69, 9.17) is 10.2 Å². The van der Waals surface area contributed by atoms with E-state index in [-0.39, 0.29) is 6.61 Å². The van der Waals surface area contributed by atoms with E-state index in [1.165, 1.54) is 0 Å². The molecule has 1 rings (SSSR count). The Kier molecular flexibility index (Phi) is 6.44. The summed E-state index contributed by atoms with van der Waals surface area (Å²) in [7, 11) is -3.66. The van der Waals surface area contributed by atoms with Gasteiger partial charge in [-0.25, -0.2) is 8.42 Å². The van der Waals surface area contributed by atoms with Crippen molar-refractivity contribution in [3.63, 3.8) is 0 Å². The number of hydrogen-bond donors (Lipinski definition) is 3. The predicted octanol–water partition coefficient (Wildman–Crippen LogP) is 0.722. The van der Waals surface area contributed by atoms with E-state index < -0.39 is 28.2 Å². The Hall–Kier alpha value is -1.80. The van der Waals surface area contributed by atoms with E-state index >= 15 is 0 Å². The van der Waals surface area contributed by atoms with Crippen LogP contribution >= 0.6 is 0 Å². The number of likely N-dealkylation sites (N-methyl/N-ethyl adjacent to an activating group) is 1. The van der Waals surface area contributed by atoms with Crippen molar-refractivity contribution in [2.75, 3.05) is 35.1 Å². The highest BCUT2D eigenvalue weighted by Gasteiger charge is 2.13. The zero-order valence-electron chi connectivity index (χ0n) is 11.8. The molecule has 0 unspecified atom stereocenters. The van der Waals surface area contributed by atoms with Crippen LogP contribution < -0.4 is 9.62 Å². The monoisotopic (exact) mass is 316 g/mol. The van der Waals surface area contributed by atoms with Crippen LogP contribution in [0.1, 0.15) is 13.3 Å². The third-order valence-corrected chi connectivity index (χ3v) is 4.13. The minimum Gasteiger partial charge on any atom is -0.481 e. The summed E-state index contributed by atoms with van der Waals surface area (Å²) >= 11 is 0. The van der Waals surface area contributed by atoms with Gasteiger partial charge in [0.15, 0.2) is 0 Å². The van der Waals surface area contributed by atoms with Crippen molar-refractivity contribution in [3.05, 3.63) is 24.3 Å². The van der Waals surface area contributed by atoms with E-state index in [0.29, 0.717) is 12.2 Å². The van der Waals surface area contributed by atoms with Crippen LogP contribution in [0.5, 0.6) is 0 Å². The molecule has 0 atom stereocenters. The quantitative estimate of drug-likeness (QED) is 0.620. The van der Waals surface area contributed by atoms with Gasteiger partial charge >= 0.3 is 5.97 Å². The number of aliphatic hydroxyl groups excluding tert-OH is 1. The largest absolute Gasteiger partial charge is 0.481 e. The van der Waals surface area contributed by atoms with E-state index in [9.17, 15) is 13.2 Å². The van der Waals surface area contributed by atoms with Crippen molar-refractivity contribution in [1.82, 2.24) is 0 Å². The molecule has 21 heavy (non-hydrogen) atoms. The molecule has 0 aliphatic carbocycles. The van der Waals surface area contributed by atoms with Crippen molar-refractivity contribution in [2.45, 2.75) is 13.3 Å². The minimum atomic E-state index is -3.66. The number of anilines is 2. The van der Waals surface area contributed by atoms with Gasteiger partial charge in [-0.1, -0.05) is 0 Å². The van der Waals surface area contributed by atoms with Crippen LogP contribution in [0.25, 0.3) is 0 Å². The van der Waals surface area contributed by atoms with Gasteiger partial charge in [0.1, 0.15) is 0 Å². The summed E-state index contributed by atoms with van der Waals surface area (Å²) in [6, 6.07) is 6.70. The Morgan fingerprint density at radius 2 is 1.90 bits per heavy atom. The van der Waals surface area contributed by atoms with Gasteiger partial charge in [-0.2, -0.15) is 0 Å². The molecule has 7 nitrogen and oxygen atoms in total. The Bertz CT molecular complexity index is 556. The number of carboxylic acids is 1. The van der Waals surface area contributed by atoms with Crippen LogP contribution in [-0.2, 0) is 14.8 Å². The second kappa shape index (κ2) is 7.84. The maximum absolute atomic E-state index is 11.7. The second-order valence-corrected chi connectivity index (χ2v) is 6.26. The molecule has 0 fully saturated rings. The first kappa shape index (κ1) is 17.3. The molecule has 8 heteroatoms.